The van der Waals surface area contributed by atoms with Gasteiger partial charge in [0.2, 0.25) is 0 Å². The maximum Gasteiger partial charge on any atom is 0.313 e. The van der Waals surface area contributed by atoms with Crippen LogP contribution in [-0.4, -0.2) is 32.6 Å². The Morgan fingerprint density at radius 2 is 1.80 bits per heavy atom. The summed E-state index contributed by atoms with van der Waals surface area (Å²) in [6, 6.07) is 14.6. The van der Waals surface area contributed by atoms with Crippen LogP contribution in [0.4, 0.5) is 5.69 Å². The molecule has 25 heavy (non-hydrogen) atoms. The number of methoxy groups -OCH3 is 2. The van der Waals surface area contributed by atoms with Crippen LogP contribution in [-0.2, 0) is 14.3 Å². The third kappa shape index (κ3) is 5.06. The van der Waals surface area contributed by atoms with E-state index in [1.807, 2.05) is 43.3 Å². The molecule has 2 rings (SSSR count). The number of amides is 2. The lowest BCUT2D eigenvalue weighted by molar-refractivity contribution is -0.136. The molecule has 2 aromatic carbocycles. The summed E-state index contributed by atoms with van der Waals surface area (Å²) in [5.41, 5.74) is 2.34. The molecule has 0 bridgehead atoms. The summed E-state index contributed by atoms with van der Waals surface area (Å²) in [4.78, 5) is 24.0. The van der Waals surface area contributed by atoms with E-state index in [2.05, 4.69) is 10.6 Å². The summed E-state index contributed by atoms with van der Waals surface area (Å²) in [5.74, 6) is -0.730. The lowest BCUT2D eigenvalue weighted by Crippen LogP contribution is -2.38. The molecule has 0 saturated carbocycles. The van der Waals surface area contributed by atoms with Crippen molar-refractivity contribution >= 4 is 17.5 Å². The van der Waals surface area contributed by atoms with Gasteiger partial charge in [0.25, 0.3) is 0 Å². The number of para-hydroxylation sites is 1. The molecule has 0 spiro atoms. The zero-order valence-electron chi connectivity index (χ0n) is 14.5. The molecule has 0 aliphatic heterocycles. The standard InChI is InChI=1S/C19H22N2O4/c1-13-7-4-5-10-16(13)21-19(23)18(22)20-12-17(25-3)14-8-6-9-15(11-14)24-2/h4-11,17H,12H2,1-3H3,(H,20,22)(H,21,23). The Bertz CT molecular complexity index is 746. The van der Waals surface area contributed by atoms with Crippen LogP contribution < -0.4 is 15.4 Å². The highest BCUT2D eigenvalue weighted by Gasteiger charge is 2.18. The quantitative estimate of drug-likeness (QED) is 0.791. The third-order valence-corrected chi connectivity index (χ3v) is 3.80. The summed E-state index contributed by atoms with van der Waals surface area (Å²) in [6.45, 7) is 2.03. The SMILES string of the molecule is COc1cccc(C(CNC(=O)C(=O)Nc2ccccc2C)OC)c1. The molecule has 0 aliphatic carbocycles. The summed E-state index contributed by atoms with van der Waals surface area (Å²) >= 11 is 0. The Balaban J connectivity index is 1.95. The van der Waals surface area contributed by atoms with Crippen molar-refractivity contribution in [3.05, 3.63) is 59.7 Å². The van der Waals surface area contributed by atoms with Gasteiger partial charge in [-0.15, -0.1) is 0 Å². The van der Waals surface area contributed by atoms with Crippen LogP contribution in [0.3, 0.4) is 0 Å². The van der Waals surface area contributed by atoms with Crippen molar-refractivity contribution in [2.45, 2.75) is 13.0 Å². The maximum absolute atomic E-state index is 12.0. The Labute approximate surface area is 147 Å². The van der Waals surface area contributed by atoms with Crippen LogP contribution in [0, 0.1) is 6.92 Å². The topological polar surface area (TPSA) is 76.7 Å². The number of carbonyl (C=O) groups is 2. The second-order valence-corrected chi connectivity index (χ2v) is 5.48. The molecule has 2 N–H and O–H groups in total. The molecule has 2 aromatic rings. The van der Waals surface area contributed by atoms with Crippen molar-refractivity contribution in [2.75, 3.05) is 26.1 Å². The lowest BCUT2D eigenvalue weighted by Gasteiger charge is -2.17. The predicted octanol–water partition coefficient (Wildman–Crippen LogP) is 2.45. The second-order valence-electron chi connectivity index (χ2n) is 5.48. The zero-order chi connectivity index (χ0) is 18.2. The summed E-state index contributed by atoms with van der Waals surface area (Å²) in [6.07, 6.45) is -0.384. The smallest absolute Gasteiger partial charge is 0.313 e. The Hall–Kier alpha value is -2.86. The number of carbonyl (C=O) groups excluding carboxylic acids is 2. The molecule has 132 valence electrons. The van der Waals surface area contributed by atoms with Gasteiger partial charge in [0.05, 0.1) is 13.2 Å². The molecular weight excluding hydrogens is 320 g/mol. The first-order valence-electron chi connectivity index (χ1n) is 7.86. The fourth-order valence-corrected chi connectivity index (χ4v) is 2.34. The molecule has 0 radical (unpaired) electrons. The van der Waals surface area contributed by atoms with Crippen LogP contribution in [0.5, 0.6) is 5.75 Å². The number of hydrogen-bond acceptors (Lipinski definition) is 4. The van der Waals surface area contributed by atoms with Gasteiger partial charge in [0, 0.05) is 19.3 Å². The van der Waals surface area contributed by atoms with Crippen LogP contribution in [0.2, 0.25) is 0 Å². The zero-order valence-corrected chi connectivity index (χ0v) is 14.5. The molecule has 6 nitrogen and oxygen atoms in total. The average Bonchev–Trinajstić information content (AvgIpc) is 2.64. The van der Waals surface area contributed by atoms with Crippen molar-refractivity contribution in [1.29, 1.82) is 0 Å². The monoisotopic (exact) mass is 342 g/mol. The van der Waals surface area contributed by atoms with Gasteiger partial charge in [-0.2, -0.15) is 0 Å². The minimum Gasteiger partial charge on any atom is -0.497 e. The number of hydrogen-bond donors (Lipinski definition) is 2. The van der Waals surface area contributed by atoms with Crippen molar-refractivity contribution < 1.29 is 19.1 Å². The number of benzene rings is 2. The molecule has 0 heterocycles. The van der Waals surface area contributed by atoms with E-state index in [0.717, 1.165) is 11.1 Å². The minimum atomic E-state index is -0.715. The first kappa shape index (κ1) is 18.5. The largest absolute Gasteiger partial charge is 0.497 e. The molecule has 0 saturated heterocycles. The normalized spacial score (nSPS) is 11.5. The van der Waals surface area contributed by atoms with Gasteiger partial charge in [-0.05, 0) is 36.2 Å². The van der Waals surface area contributed by atoms with E-state index in [1.54, 1.807) is 26.4 Å². The summed E-state index contributed by atoms with van der Waals surface area (Å²) in [5, 5.41) is 5.19. The summed E-state index contributed by atoms with van der Waals surface area (Å²) in [7, 11) is 3.13. The summed E-state index contributed by atoms with van der Waals surface area (Å²) < 4.78 is 10.6. The van der Waals surface area contributed by atoms with Crippen molar-refractivity contribution in [1.82, 2.24) is 5.32 Å². The van der Waals surface area contributed by atoms with E-state index in [1.165, 1.54) is 0 Å². The molecule has 6 heteroatoms. The first-order chi connectivity index (χ1) is 12.0. The van der Waals surface area contributed by atoms with Gasteiger partial charge in [-0.3, -0.25) is 9.59 Å². The lowest BCUT2D eigenvalue weighted by atomic mass is 10.1. The van der Waals surface area contributed by atoms with Crippen molar-refractivity contribution in [2.24, 2.45) is 0 Å². The van der Waals surface area contributed by atoms with Gasteiger partial charge in [-0.25, -0.2) is 0 Å². The average molecular weight is 342 g/mol. The highest BCUT2D eigenvalue weighted by atomic mass is 16.5. The number of rotatable bonds is 6. The molecule has 0 aliphatic rings. The second kappa shape index (κ2) is 8.84. The van der Waals surface area contributed by atoms with Gasteiger partial charge in [0.15, 0.2) is 0 Å². The predicted molar refractivity (Wildman–Crippen MR) is 95.6 cm³/mol. The van der Waals surface area contributed by atoms with E-state index in [-0.39, 0.29) is 12.6 Å². The van der Waals surface area contributed by atoms with Gasteiger partial charge in [0.1, 0.15) is 5.75 Å². The van der Waals surface area contributed by atoms with E-state index < -0.39 is 11.8 Å². The van der Waals surface area contributed by atoms with E-state index in [4.69, 9.17) is 9.47 Å². The van der Waals surface area contributed by atoms with Gasteiger partial charge >= 0.3 is 11.8 Å². The van der Waals surface area contributed by atoms with Crippen LogP contribution in [0.1, 0.15) is 17.2 Å². The molecule has 1 unspecified atom stereocenters. The number of anilines is 1. The van der Waals surface area contributed by atoms with Crippen LogP contribution in [0.15, 0.2) is 48.5 Å². The minimum absolute atomic E-state index is 0.170. The molecular formula is C19H22N2O4. The van der Waals surface area contributed by atoms with E-state index in [0.29, 0.717) is 11.4 Å². The fraction of sp³-hybridized carbons (Fsp3) is 0.263. The highest BCUT2D eigenvalue weighted by molar-refractivity contribution is 6.39. The first-order valence-corrected chi connectivity index (χ1v) is 7.86. The highest BCUT2D eigenvalue weighted by Crippen LogP contribution is 2.21. The number of aryl methyl sites for hydroxylation is 1. The molecule has 0 fully saturated rings. The number of nitrogens with one attached hydrogen (secondary N) is 2. The molecule has 2 amide bonds. The van der Waals surface area contributed by atoms with E-state index in [9.17, 15) is 9.59 Å². The number of ether oxygens (including phenoxy) is 2. The fourth-order valence-electron chi connectivity index (χ4n) is 2.34. The van der Waals surface area contributed by atoms with E-state index >= 15 is 0 Å². The Morgan fingerprint density at radius 1 is 1.04 bits per heavy atom. The third-order valence-electron chi connectivity index (χ3n) is 3.80. The van der Waals surface area contributed by atoms with Gasteiger partial charge in [-0.1, -0.05) is 30.3 Å². The molecule has 1 atom stereocenters. The van der Waals surface area contributed by atoms with Crippen LogP contribution >= 0.6 is 0 Å². The Morgan fingerprint density at radius 3 is 2.48 bits per heavy atom. The maximum atomic E-state index is 12.0. The van der Waals surface area contributed by atoms with Crippen LogP contribution in [0.25, 0.3) is 0 Å². The van der Waals surface area contributed by atoms with Crippen molar-refractivity contribution in [3.63, 3.8) is 0 Å². The van der Waals surface area contributed by atoms with Crippen molar-refractivity contribution in [3.8, 4) is 5.75 Å². The molecule has 0 aromatic heterocycles. The van der Waals surface area contributed by atoms with Gasteiger partial charge < -0.3 is 20.1 Å². The Kier molecular flexibility index (Phi) is 6.54.